The van der Waals surface area contributed by atoms with Crippen LogP contribution in [0, 0.1) is 148 Å². The average molecular weight is 2720 g/mol. The molecule has 0 spiro atoms. The molecule has 0 saturated carbocycles. The predicted molar refractivity (Wildman–Crippen MR) is 546 cm³/mol. The molecule has 0 aliphatic rings. The zero-order chi connectivity index (χ0) is 98.1. The van der Waals surface area contributed by atoms with Crippen molar-refractivity contribution in [3.05, 3.63) is 385 Å². The molecular formula is C117H124Ir5N5O10-5. The summed E-state index contributed by atoms with van der Waals surface area (Å²) in [5.41, 5.74) is 31.5. The van der Waals surface area contributed by atoms with Crippen molar-refractivity contribution < 1.29 is 150 Å². The molecule has 20 heteroatoms. The molecule has 0 unspecified atom stereocenters. The van der Waals surface area contributed by atoms with E-state index in [2.05, 4.69) is 312 Å². The monoisotopic (exact) mass is 2720 g/mol. The Hall–Kier alpha value is -11.5. The third kappa shape index (κ3) is 39.9. The van der Waals surface area contributed by atoms with Crippen molar-refractivity contribution in [2.45, 2.75) is 187 Å². The molecule has 0 aliphatic heterocycles. The molecule has 15 aromatic rings. The van der Waals surface area contributed by atoms with Crippen LogP contribution in [0.4, 0.5) is 0 Å². The molecule has 5 radical (unpaired) electrons. The van der Waals surface area contributed by atoms with E-state index in [-0.39, 0.29) is 158 Å². The smallest absolute Gasteiger partial charge is 0.155 e. The summed E-state index contributed by atoms with van der Waals surface area (Å²) in [5, 5.41) is 54.2. The Morgan fingerprint density at radius 2 is 0.533 bits per heavy atom. The molecule has 5 heterocycles. The van der Waals surface area contributed by atoms with Gasteiger partial charge in [-0.2, -0.15) is 0 Å². The first kappa shape index (κ1) is 124. The number of hydrogen-bond acceptors (Lipinski definition) is 15. The Bertz CT molecular complexity index is 6580. The van der Waals surface area contributed by atoms with E-state index < -0.39 is 0 Å². The second kappa shape index (κ2) is 60.3. The number of carbonyl (C=O) groups excluding carboxylic acids is 5. The number of benzene rings is 10. The van der Waals surface area contributed by atoms with E-state index in [1.165, 1.54) is 242 Å². The van der Waals surface area contributed by atoms with Crippen LogP contribution in [-0.2, 0) is 124 Å². The van der Waals surface area contributed by atoms with Gasteiger partial charge in [0.2, 0.25) is 0 Å². The van der Waals surface area contributed by atoms with Crippen LogP contribution in [0.25, 0.3) is 110 Å². The van der Waals surface area contributed by atoms with E-state index in [1.807, 2.05) is 61.3 Å². The largest absolute Gasteiger partial charge is 0.512 e. The number of allylic oxidation sites excluding steroid dienone is 10. The molecule has 0 aliphatic carbocycles. The van der Waals surface area contributed by atoms with Crippen LogP contribution < -0.4 is 0 Å². The molecule has 5 N–H and O–H groups in total. The second-order valence-electron chi connectivity index (χ2n) is 33.3. The molecule has 10 aromatic carbocycles. The SMILES string of the molecule is CC(=O)C=C(C)O.CC(=O)C=C(C)O.CC(=O)C=C(C)O.CC(=O)C=C(C)O.CC(=O)C=C(C)O.Cc1[c-]c(-c2ncc(C)c3ccc(C)cc23)c(C)cc1.Cc1c[c-]c(-c2ncc(C)c3ccc(C)cc23)cc1.Cc1cc[c-]c(-c2ncc(C)c3ccc(C)cc23)c1.Cc1ccc2c(C)cnc(-c3[c-]ccc(C)c3C)c2c1.Cc1ccc2c(C)cnc(-c3[c-]cccc3C)c2c1.[Ir].[Ir].[Ir].[Ir].[Ir]. The zero-order valence-corrected chi connectivity index (χ0v) is 95.1. The van der Waals surface area contributed by atoms with Crippen molar-refractivity contribution >= 4 is 82.8 Å². The first-order valence-corrected chi connectivity index (χ1v) is 43.4. The second-order valence-corrected chi connectivity index (χ2v) is 33.3. The molecule has 5 aromatic heterocycles. The standard InChI is InChI=1S/2C19H18N.3C18H16N.5C5H8O2.5Ir/c1-12-5-7-14(3)17(9-12)19-18-10-13(2)6-8-16(18)15(4)11-20-19;1-12-8-9-16-14(3)11-20-19(18(16)10-12)17-7-5-6-13(2)15(17)4;1-12-4-7-15(8-5-12)18-17-10-13(2)6-9-16(17)14(3)11-19-18;1-12-5-4-6-15(9-12)18-17-10-13(2)7-8-16(17)14(3)11-19-18;1-12-8-9-15-14(3)11-19-18(17(15)10-12)16-7-5-4-6-13(16)2;5*1-4(6)3-5(2)7;;;;;/h5-8,10-11H,1-4H3;5-6,8-11H,1-4H3;4-7,9-11H,1-3H3;4-5,7-11H,1-3H3;4-6,8-11H,1-3H3;5*3,6H,1-2H3;;;;;/q5*-1;;;;;;;;;;. The van der Waals surface area contributed by atoms with Crippen LogP contribution in [0.1, 0.15) is 164 Å². The molecule has 0 saturated heterocycles. The number of aryl methyl sites for hydroxylation is 16. The van der Waals surface area contributed by atoms with Gasteiger partial charge in [-0.3, -0.25) is 24.0 Å². The topological polar surface area (TPSA) is 251 Å². The molecule has 0 bridgehead atoms. The van der Waals surface area contributed by atoms with E-state index >= 15 is 0 Å². The Balaban J connectivity index is 0.000000781. The summed E-state index contributed by atoms with van der Waals surface area (Å²) >= 11 is 0. The van der Waals surface area contributed by atoms with Crippen molar-refractivity contribution in [1.82, 2.24) is 24.9 Å². The fraction of sp³-hybridized carbons (Fsp3) is 0.231. The Labute approximate surface area is 878 Å². The number of fused-ring (bicyclic) bond motifs is 5. The number of hydrogen-bond donors (Lipinski definition) is 5. The van der Waals surface area contributed by atoms with Crippen molar-refractivity contribution in [3.8, 4) is 56.3 Å². The van der Waals surface area contributed by atoms with Crippen LogP contribution >= 0.6 is 0 Å². The normalized spacial score (nSPS) is 10.7. The van der Waals surface area contributed by atoms with Crippen LogP contribution in [0.5, 0.6) is 0 Å². The Morgan fingerprint density at radius 1 is 0.248 bits per heavy atom. The van der Waals surface area contributed by atoms with Gasteiger partial charge in [0.25, 0.3) is 0 Å². The van der Waals surface area contributed by atoms with Gasteiger partial charge in [-0.15, -0.1) is 176 Å². The maximum absolute atomic E-state index is 10.0. The van der Waals surface area contributed by atoms with Crippen LogP contribution in [0.2, 0.25) is 0 Å². The fourth-order valence-corrected chi connectivity index (χ4v) is 14.0. The Kier molecular flexibility index (Phi) is 54.4. The van der Waals surface area contributed by atoms with Gasteiger partial charge in [0.15, 0.2) is 28.9 Å². The fourth-order valence-electron chi connectivity index (χ4n) is 14.0. The average Bonchev–Trinajstić information content (AvgIpc) is 0.772. The molecule has 15 rings (SSSR count). The number of aromatic nitrogens is 5. The first-order chi connectivity index (χ1) is 62.2. The number of aliphatic hydroxyl groups excluding tert-OH is 5. The minimum absolute atomic E-state index is 0. The van der Waals surface area contributed by atoms with Gasteiger partial charge in [-0.25, -0.2) is 0 Å². The number of carbonyl (C=O) groups is 5. The quantitative estimate of drug-likeness (QED) is 0.0485. The molecule has 0 atom stereocenters. The van der Waals surface area contributed by atoms with Crippen molar-refractivity contribution in [3.63, 3.8) is 0 Å². The summed E-state index contributed by atoms with van der Waals surface area (Å²) in [6.45, 7) is 50.1. The van der Waals surface area contributed by atoms with Gasteiger partial charge in [-0.05, 0) is 249 Å². The van der Waals surface area contributed by atoms with E-state index in [0.29, 0.717) is 0 Å². The molecule has 0 amide bonds. The van der Waals surface area contributed by atoms with Gasteiger partial charge in [0.05, 0.1) is 28.8 Å². The van der Waals surface area contributed by atoms with Crippen molar-refractivity contribution in [2.75, 3.05) is 0 Å². The minimum atomic E-state index is -0.125. The van der Waals surface area contributed by atoms with Gasteiger partial charge in [0, 0.05) is 162 Å². The zero-order valence-electron chi connectivity index (χ0n) is 83.1. The van der Waals surface area contributed by atoms with Crippen LogP contribution in [-0.4, -0.2) is 79.4 Å². The summed E-state index contributed by atoms with van der Waals surface area (Å²) < 4.78 is 0. The number of ketones is 5. The van der Waals surface area contributed by atoms with Gasteiger partial charge >= 0.3 is 0 Å². The van der Waals surface area contributed by atoms with Crippen molar-refractivity contribution in [1.29, 1.82) is 0 Å². The molecule has 0 fully saturated rings. The predicted octanol–water partition coefficient (Wildman–Crippen LogP) is 28.9. The number of nitrogens with zero attached hydrogens (tertiary/aromatic N) is 5. The number of rotatable bonds is 10. The third-order valence-corrected chi connectivity index (χ3v) is 20.3. The van der Waals surface area contributed by atoms with Gasteiger partial charge in [0.1, 0.15) is 0 Å². The van der Waals surface area contributed by atoms with E-state index in [4.69, 9.17) is 25.5 Å². The van der Waals surface area contributed by atoms with E-state index in [0.717, 1.165) is 61.9 Å². The Morgan fingerprint density at radius 3 is 0.839 bits per heavy atom. The maximum Gasteiger partial charge on any atom is 0.155 e. The summed E-state index contributed by atoms with van der Waals surface area (Å²) in [6.07, 6.45) is 15.6. The summed E-state index contributed by atoms with van der Waals surface area (Å²) in [6, 6.07) is 76.3. The summed E-state index contributed by atoms with van der Waals surface area (Å²) in [5.74, 6) is -0.312. The summed E-state index contributed by atoms with van der Waals surface area (Å²) in [7, 11) is 0. The van der Waals surface area contributed by atoms with Crippen molar-refractivity contribution in [2.24, 2.45) is 0 Å². The van der Waals surface area contributed by atoms with Gasteiger partial charge in [-0.1, -0.05) is 167 Å². The summed E-state index contributed by atoms with van der Waals surface area (Å²) in [4.78, 5) is 73.4. The first-order valence-electron chi connectivity index (χ1n) is 43.4. The van der Waals surface area contributed by atoms with Gasteiger partial charge < -0.3 is 50.5 Å². The van der Waals surface area contributed by atoms with E-state index in [1.54, 1.807) is 0 Å². The van der Waals surface area contributed by atoms with Crippen LogP contribution in [0.3, 0.4) is 0 Å². The molecule has 137 heavy (non-hydrogen) atoms. The minimum Gasteiger partial charge on any atom is -0.512 e. The molecule has 727 valence electrons. The third-order valence-electron chi connectivity index (χ3n) is 20.3. The number of aliphatic hydroxyl groups is 5. The van der Waals surface area contributed by atoms with E-state index in [9.17, 15) is 24.0 Å². The molecular weight excluding hydrogens is 2600 g/mol. The maximum atomic E-state index is 10.0. The molecule has 15 nitrogen and oxygen atoms in total. The van der Waals surface area contributed by atoms with Crippen LogP contribution in [0.15, 0.2) is 260 Å². The number of pyridine rings is 5.